The van der Waals surface area contributed by atoms with Crippen molar-refractivity contribution in [3.05, 3.63) is 58.6 Å². The van der Waals surface area contributed by atoms with Crippen molar-refractivity contribution >= 4 is 35.2 Å². The number of ether oxygens (including phenoxy) is 1. The maximum absolute atomic E-state index is 13.8. The van der Waals surface area contributed by atoms with E-state index in [4.69, 9.17) is 16.3 Å². The molecule has 0 spiro atoms. The van der Waals surface area contributed by atoms with Crippen LogP contribution in [0.5, 0.6) is 5.75 Å². The summed E-state index contributed by atoms with van der Waals surface area (Å²) in [7, 11) is 0. The SMILES string of the molecule is CCCCCCCCN(C(=O)CNC(=O)OC(C)(C)C)C(C(=O)Nc1c(C)cccc1Cl)c1ccccc1O. The van der Waals surface area contributed by atoms with Gasteiger partial charge in [0.2, 0.25) is 5.91 Å². The molecule has 3 amide bonds. The molecule has 0 bridgehead atoms. The maximum atomic E-state index is 13.8. The zero-order chi connectivity index (χ0) is 29.0. The van der Waals surface area contributed by atoms with Crippen LogP contribution < -0.4 is 10.6 Å². The quantitative estimate of drug-likeness (QED) is 0.235. The molecule has 214 valence electrons. The average Bonchev–Trinajstić information content (AvgIpc) is 2.86. The molecule has 1 atom stereocenters. The lowest BCUT2D eigenvalue weighted by Gasteiger charge is -2.32. The lowest BCUT2D eigenvalue weighted by atomic mass is 10.0. The number of carbonyl (C=O) groups excluding carboxylic acids is 3. The number of para-hydroxylation sites is 2. The first-order chi connectivity index (χ1) is 18.4. The minimum atomic E-state index is -1.16. The molecule has 1 unspecified atom stereocenters. The number of hydrogen-bond donors (Lipinski definition) is 3. The first kappa shape index (κ1) is 32.0. The number of anilines is 1. The zero-order valence-corrected chi connectivity index (χ0v) is 24.4. The Morgan fingerprint density at radius 1 is 1.00 bits per heavy atom. The fourth-order valence-electron chi connectivity index (χ4n) is 4.17. The Bertz CT molecular complexity index is 1100. The number of hydrogen-bond acceptors (Lipinski definition) is 5. The van der Waals surface area contributed by atoms with E-state index in [1.807, 2.05) is 13.0 Å². The molecule has 2 aromatic carbocycles. The van der Waals surface area contributed by atoms with Crippen molar-refractivity contribution in [2.45, 2.75) is 84.8 Å². The number of nitrogens with one attached hydrogen (secondary N) is 2. The minimum Gasteiger partial charge on any atom is -0.508 e. The van der Waals surface area contributed by atoms with Gasteiger partial charge in [-0.3, -0.25) is 9.59 Å². The third-order valence-corrected chi connectivity index (χ3v) is 6.43. The highest BCUT2D eigenvalue weighted by atomic mass is 35.5. The van der Waals surface area contributed by atoms with Crippen LogP contribution in [-0.2, 0) is 14.3 Å². The second-order valence-corrected chi connectivity index (χ2v) is 11.0. The van der Waals surface area contributed by atoms with Gasteiger partial charge < -0.3 is 25.4 Å². The molecule has 0 radical (unpaired) electrons. The largest absolute Gasteiger partial charge is 0.508 e. The number of phenols is 1. The summed E-state index contributed by atoms with van der Waals surface area (Å²) in [5.74, 6) is -1.12. The molecule has 0 saturated heterocycles. The lowest BCUT2D eigenvalue weighted by molar-refractivity contribution is -0.138. The highest BCUT2D eigenvalue weighted by Crippen LogP contribution is 2.32. The standard InChI is InChI=1S/C30H42ClN3O5/c1-6-7-8-9-10-13-19-34(25(36)20-32-29(38)39-30(3,4)5)27(22-16-11-12-18-24(22)35)28(37)33-26-21(2)15-14-17-23(26)31/h11-12,14-18,27,35H,6-10,13,19-20H2,1-5H3,(H,32,38)(H,33,37). The summed E-state index contributed by atoms with van der Waals surface area (Å²) in [5, 5.41) is 16.4. The molecule has 0 aliphatic heterocycles. The van der Waals surface area contributed by atoms with E-state index in [0.717, 1.165) is 37.7 Å². The number of unbranched alkanes of at least 4 members (excludes halogenated alkanes) is 5. The van der Waals surface area contributed by atoms with Gasteiger partial charge in [-0.1, -0.05) is 81.0 Å². The number of nitrogens with zero attached hydrogens (tertiary/aromatic N) is 1. The Morgan fingerprint density at radius 2 is 1.67 bits per heavy atom. The molecule has 3 N–H and O–H groups in total. The molecule has 8 nitrogen and oxygen atoms in total. The van der Waals surface area contributed by atoms with Gasteiger partial charge in [-0.25, -0.2) is 4.79 Å². The fraction of sp³-hybridized carbons (Fsp3) is 0.500. The lowest BCUT2D eigenvalue weighted by Crippen LogP contribution is -2.47. The number of halogens is 1. The molecule has 39 heavy (non-hydrogen) atoms. The summed E-state index contributed by atoms with van der Waals surface area (Å²) in [6.45, 7) is 9.05. The summed E-state index contributed by atoms with van der Waals surface area (Å²) in [4.78, 5) is 41.1. The van der Waals surface area contributed by atoms with Gasteiger partial charge in [-0.2, -0.15) is 0 Å². The molecule has 2 rings (SSSR count). The first-order valence-electron chi connectivity index (χ1n) is 13.5. The molecule has 0 fully saturated rings. The highest BCUT2D eigenvalue weighted by Gasteiger charge is 2.34. The van der Waals surface area contributed by atoms with Crippen LogP contribution in [0.2, 0.25) is 5.02 Å². The van der Waals surface area contributed by atoms with Crippen molar-refractivity contribution in [2.24, 2.45) is 0 Å². The Morgan fingerprint density at radius 3 is 2.31 bits per heavy atom. The van der Waals surface area contributed by atoms with E-state index in [0.29, 0.717) is 17.1 Å². The third-order valence-electron chi connectivity index (χ3n) is 6.12. The second-order valence-electron chi connectivity index (χ2n) is 10.6. The smallest absolute Gasteiger partial charge is 0.408 e. The summed E-state index contributed by atoms with van der Waals surface area (Å²) >= 11 is 6.37. The average molecular weight is 560 g/mol. The Balaban J connectivity index is 2.38. The summed E-state index contributed by atoms with van der Waals surface area (Å²) < 4.78 is 5.27. The zero-order valence-electron chi connectivity index (χ0n) is 23.7. The Kier molecular flexibility index (Phi) is 12.6. The molecular weight excluding hydrogens is 518 g/mol. The van der Waals surface area contributed by atoms with Crippen LogP contribution in [0.15, 0.2) is 42.5 Å². The van der Waals surface area contributed by atoms with Crippen LogP contribution in [0.1, 0.15) is 83.4 Å². The van der Waals surface area contributed by atoms with Crippen LogP contribution in [0.4, 0.5) is 10.5 Å². The molecule has 0 aliphatic rings. The van der Waals surface area contributed by atoms with Gasteiger partial charge in [-0.05, 0) is 51.8 Å². The normalized spacial score (nSPS) is 11.9. The van der Waals surface area contributed by atoms with Gasteiger partial charge in [-0.15, -0.1) is 0 Å². The van der Waals surface area contributed by atoms with Gasteiger partial charge in [0.05, 0.1) is 10.7 Å². The number of aryl methyl sites for hydroxylation is 1. The minimum absolute atomic E-state index is 0.116. The molecule has 0 aliphatic carbocycles. The van der Waals surface area contributed by atoms with Crippen LogP contribution in [0.3, 0.4) is 0 Å². The molecule has 0 heterocycles. The molecule has 0 saturated carbocycles. The van der Waals surface area contributed by atoms with Gasteiger partial charge >= 0.3 is 6.09 Å². The predicted octanol–water partition coefficient (Wildman–Crippen LogP) is 6.75. The highest BCUT2D eigenvalue weighted by molar-refractivity contribution is 6.34. The van der Waals surface area contributed by atoms with Crippen LogP contribution in [-0.4, -0.2) is 46.6 Å². The number of alkyl carbamates (subject to hydrolysis) is 1. The van der Waals surface area contributed by atoms with Crippen molar-refractivity contribution in [3.63, 3.8) is 0 Å². The number of phenolic OH excluding ortho intramolecular Hbond substituents is 1. The summed E-state index contributed by atoms with van der Waals surface area (Å²) in [5.41, 5.74) is 0.739. The van der Waals surface area contributed by atoms with Crippen LogP contribution in [0.25, 0.3) is 0 Å². The molecule has 0 aromatic heterocycles. The van der Waals surface area contributed by atoms with E-state index in [1.165, 1.54) is 11.0 Å². The van der Waals surface area contributed by atoms with Crippen molar-refractivity contribution in [3.8, 4) is 5.75 Å². The summed E-state index contributed by atoms with van der Waals surface area (Å²) in [6, 6.07) is 10.5. The second kappa shape index (κ2) is 15.4. The number of benzene rings is 2. The van der Waals surface area contributed by atoms with Crippen molar-refractivity contribution < 1.29 is 24.2 Å². The predicted molar refractivity (Wildman–Crippen MR) is 155 cm³/mol. The summed E-state index contributed by atoms with van der Waals surface area (Å²) in [6.07, 6.45) is 5.18. The van der Waals surface area contributed by atoms with Gasteiger partial charge in [0.15, 0.2) is 0 Å². The van der Waals surface area contributed by atoms with Gasteiger partial charge in [0.25, 0.3) is 5.91 Å². The third kappa shape index (κ3) is 10.4. The van der Waals surface area contributed by atoms with Gasteiger partial charge in [0.1, 0.15) is 23.9 Å². The van der Waals surface area contributed by atoms with E-state index >= 15 is 0 Å². The van der Waals surface area contributed by atoms with E-state index in [1.54, 1.807) is 51.1 Å². The number of aromatic hydroxyl groups is 1. The molecule has 2 aromatic rings. The van der Waals surface area contributed by atoms with E-state index in [2.05, 4.69) is 17.6 Å². The van der Waals surface area contributed by atoms with Crippen LogP contribution >= 0.6 is 11.6 Å². The number of carbonyl (C=O) groups is 3. The van der Waals surface area contributed by atoms with E-state index in [-0.39, 0.29) is 24.4 Å². The molecule has 9 heteroatoms. The van der Waals surface area contributed by atoms with Crippen LogP contribution in [0, 0.1) is 6.92 Å². The monoisotopic (exact) mass is 559 g/mol. The fourth-order valence-corrected chi connectivity index (χ4v) is 4.44. The van der Waals surface area contributed by atoms with E-state index < -0.39 is 29.6 Å². The Hall–Kier alpha value is -3.26. The topological polar surface area (TPSA) is 108 Å². The number of rotatable bonds is 13. The van der Waals surface area contributed by atoms with E-state index in [9.17, 15) is 19.5 Å². The Labute approximate surface area is 237 Å². The van der Waals surface area contributed by atoms with Crippen molar-refractivity contribution in [1.82, 2.24) is 10.2 Å². The van der Waals surface area contributed by atoms with Crippen molar-refractivity contribution in [2.75, 3.05) is 18.4 Å². The van der Waals surface area contributed by atoms with Gasteiger partial charge in [0, 0.05) is 12.1 Å². The molecular formula is C30H42ClN3O5. The van der Waals surface area contributed by atoms with Crippen molar-refractivity contribution in [1.29, 1.82) is 0 Å². The maximum Gasteiger partial charge on any atom is 0.408 e. The number of amides is 3. The first-order valence-corrected chi connectivity index (χ1v) is 13.9.